The highest BCUT2D eigenvalue weighted by Gasteiger charge is 2.12. The first kappa shape index (κ1) is 18.2. The first-order chi connectivity index (χ1) is 11.0. The van der Waals surface area contributed by atoms with Crippen LogP contribution in [0.3, 0.4) is 0 Å². The average Bonchev–Trinajstić information content (AvgIpc) is 2.50. The Morgan fingerprint density at radius 1 is 1.00 bits per heavy atom. The van der Waals surface area contributed by atoms with Gasteiger partial charge in [0.15, 0.2) is 11.5 Å². The number of halogens is 3. The number of aliphatic hydroxyl groups excluding tert-OH is 1. The summed E-state index contributed by atoms with van der Waals surface area (Å²) in [7, 11) is 1.75. The SMILES string of the molecule is CNCC(O)COc1cc(Cl)ccc1Oc1ccc(Cl)cc1Cl. The van der Waals surface area contributed by atoms with Crippen molar-refractivity contribution in [1.29, 1.82) is 0 Å². The van der Waals surface area contributed by atoms with E-state index < -0.39 is 6.10 Å². The summed E-state index contributed by atoms with van der Waals surface area (Å²) in [5.74, 6) is 1.30. The fourth-order valence-corrected chi connectivity index (χ4v) is 2.45. The second-order valence-corrected chi connectivity index (χ2v) is 6.07. The van der Waals surface area contributed by atoms with Crippen LogP contribution in [0.5, 0.6) is 17.2 Å². The summed E-state index contributed by atoms with van der Waals surface area (Å²) >= 11 is 18.0. The lowest BCUT2D eigenvalue weighted by atomic mass is 10.3. The molecule has 0 aliphatic rings. The first-order valence-electron chi connectivity index (χ1n) is 6.87. The molecule has 0 aliphatic heterocycles. The summed E-state index contributed by atoms with van der Waals surface area (Å²) in [6, 6.07) is 9.90. The van der Waals surface area contributed by atoms with Crippen molar-refractivity contribution in [2.75, 3.05) is 20.2 Å². The van der Waals surface area contributed by atoms with Crippen molar-refractivity contribution in [1.82, 2.24) is 5.32 Å². The van der Waals surface area contributed by atoms with E-state index in [1.807, 2.05) is 0 Å². The minimum atomic E-state index is -0.647. The molecule has 2 N–H and O–H groups in total. The van der Waals surface area contributed by atoms with E-state index in [0.717, 1.165) is 0 Å². The average molecular weight is 377 g/mol. The standard InChI is InChI=1S/C16H16Cl3NO3/c1-20-8-12(21)9-22-16-7-11(18)3-5-15(16)23-14-4-2-10(17)6-13(14)19/h2-7,12,20-21H,8-9H2,1H3. The lowest BCUT2D eigenvalue weighted by Crippen LogP contribution is -2.29. The zero-order valence-electron chi connectivity index (χ0n) is 12.4. The Labute approximate surface area is 149 Å². The predicted molar refractivity (Wildman–Crippen MR) is 93.4 cm³/mol. The number of benzene rings is 2. The molecule has 0 spiro atoms. The first-order valence-corrected chi connectivity index (χ1v) is 8.01. The molecule has 2 aromatic carbocycles. The Hall–Kier alpha value is -1.17. The largest absolute Gasteiger partial charge is 0.487 e. The number of hydrogen-bond donors (Lipinski definition) is 2. The smallest absolute Gasteiger partial charge is 0.169 e. The predicted octanol–water partition coefficient (Wildman–Crippen LogP) is 4.40. The van der Waals surface area contributed by atoms with E-state index in [1.165, 1.54) is 0 Å². The maximum atomic E-state index is 9.74. The molecule has 0 heterocycles. The molecule has 1 unspecified atom stereocenters. The second kappa shape index (κ2) is 8.62. The van der Waals surface area contributed by atoms with Gasteiger partial charge in [-0.2, -0.15) is 0 Å². The van der Waals surface area contributed by atoms with Gasteiger partial charge in [0.25, 0.3) is 0 Å². The van der Waals surface area contributed by atoms with Gasteiger partial charge in [0.05, 0.1) is 5.02 Å². The Morgan fingerprint density at radius 2 is 1.65 bits per heavy atom. The van der Waals surface area contributed by atoms with Gasteiger partial charge in [-0.3, -0.25) is 0 Å². The highest BCUT2D eigenvalue weighted by atomic mass is 35.5. The molecule has 0 saturated heterocycles. The molecular weight excluding hydrogens is 361 g/mol. The van der Waals surface area contributed by atoms with Gasteiger partial charge in [0.1, 0.15) is 18.5 Å². The van der Waals surface area contributed by atoms with Crippen molar-refractivity contribution in [2.24, 2.45) is 0 Å². The van der Waals surface area contributed by atoms with Crippen molar-refractivity contribution in [2.45, 2.75) is 6.10 Å². The molecule has 2 aromatic rings. The molecule has 23 heavy (non-hydrogen) atoms. The van der Waals surface area contributed by atoms with Gasteiger partial charge in [-0.05, 0) is 37.4 Å². The van der Waals surface area contributed by atoms with Crippen molar-refractivity contribution >= 4 is 34.8 Å². The number of nitrogens with one attached hydrogen (secondary N) is 1. The molecule has 0 amide bonds. The van der Waals surface area contributed by atoms with E-state index in [-0.39, 0.29) is 6.61 Å². The van der Waals surface area contributed by atoms with Crippen LogP contribution in [0.4, 0.5) is 0 Å². The van der Waals surface area contributed by atoms with E-state index in [4.69, 9.17) is 44.3 Å². The summed E-state index contributed by atoms with van der Waals surface area (Å²) in [5, 5.41) is 14.0. The fourth-order valence-electron chi connectivity index (χ4n) is 1.84. The summed E-state index contributed by atoms with van der Waals surface area (Å²) < 4.78 is 11.4. The molecule has 2 rings (SSSR count). The molecule has 0 aliphatic carbocycles. The van der Waals surface area contributed by atoms with E-state index >= 15 is 0 Å². The van der Waals surface area contributed by atoms with Gasteiger partial charge in [0, 0.05) is 22.7 Å². The summed E-state index contributed by atoms with van der Waals surface area (Å²) in [4.78, 5) is 0. The maximum Gasteiger partial charge on any atom is 0.169 e. The van der Waals surface area contributed by atoms with E-state index in [0.29, 0.717) is 38.9 Å². The molecule has 0 saturated carbocycles. The zero-order chi connectivity index (χ0) is 16.8. The van der Waals surface area contributed by atoms with Crippen LogP contribution in [0.15, 0.2) is 36.4 Å². The van der Waals surface area contributed by atoms with Crippen molar-refractivity contribution in [3.63, 3.8) is 0 Å². The third-order valence-electron chi connectivity index (χ3n) is 2.89. The third kappa shape index (κ3) is 5.44. The molecular formula is C16H16Cl3NO3. The number of hydrogen-bond acceptors (Lipinski definition) is 4. The van der Waals surface area contributed by atoms with Crippen LogP contribution in [0.25, 0.3) is 0 Å². The number of likely N-dealkylation sites (N-methyl/N-ethyl adjacent to an activating group) is 1. The molecule has 4 nitrogen and oxygen atoms in total. The van der Waals surface area contributed by atoms with Crippen LogP contribution >= 0.6 is 34.8 Å². The van der Waals surface area contributed by atoms with Gasteiger partial charge < -0.3 is 19.9 Å². The van der Waals surface area contributed by atoms with Gasteiger partial charge in [0.2, 0.25) is 0 Å². The Morgan fingerprint density at radius 3 is 2.30 bits per heavy atom. The highest BCUT2D eigenvalue weighted by molar-refractivity contribution is 6.35. The molecule has 0 radical (unpaired) electrons. The van der Waals surface area contributed by atoms with Gasteiger partial charge in [-0.15, -0.1) is 0 Å². The number of rotatable bonds is 7. The molecule has 0 bridgehead atoms. The lowest BCUT2D eigenvalue weighted by Gasteiger charge is -2.16. The normalized spacial score (nSPS) is 12.0. The van der Waals surface area contributed by atoms with Crippen molar-refractivity contribution in [3.05, 3.63) is 51.5 Å². The van der Waals surface area contributed by atoms with E-state index in [9.17, 15) is 5.11 Å². The van der Waals surface area contributed by atoms with Crippen LogP contribution in [0, 0.1) is 0 Å². The lowest BCUT2D eigenvalue weighted by molar-refractivity contribution is 0.107. The number of aliphatic hydroxyl groups is 1. The summed E-state index contributed by atoms with van der Waals surface area (Å²) in [6.45, 7) is 0.520. The summed E-state index contributed by atoms with van der Waals surface area (Å²) in [5.41, 5.74) is 0. The Balaban J connectivity index is 2.17. The van der Waals surface area contributed by atoms with Gasteiger partial charge in [-0.1, -0.05) is 34.8 Å². The quantitative estimate of drug-likeness (QED) is 0.752. The topological polar surface area (TPSA) is 50.7 Å². The van der Waals surface area contributed by atoms with Crippen LogP contribution in [0.1, 0.15) is 0 Å². The minimum absolute atomic E-state index is 0.103. The van der Waals surface area contributed by atoms with Gasteiger partial charge in [-0.25, -0.2) is 0 Å². The minimum Gasteiger partial charge on any atom is -0.487 e. The molecule has 1 atom stereocenters. The van der Waals surface area contributed by atoms with Crippen molar-refractivity contribution in [3.8, 4) is 17.2 Å². The summed E-state index contributed by atoms with van der Waals surface area (Å²) in [6.07, 6.45) is -0.647. The van der Waals surface area contributed by atoms with Crippen LogP contribution in [-0.2, 0) is 0 Å². The van der Waals surface area contributed by atoms with E-state index in [1.54, 1.807) is 43.4 Å². The zero-order valence-corrected chi connectivity index (χ0v) is 14.6. The number of ether oxygens (including phenoxy) is 2. The molecule has 0 aromatic heterocycles. The molecule has 7 heteroatoms. The van der Waals surface area contributed by atoms with Crippen molar-refractivity contribution < 1.29 is 14.6 Å². The van der Waals surface area contributed by atoms with E-state index in [2.05, 4.69) is 5.32 Å². The van der Waals surface area contributed by atoms with Crippen LogP contribution < -0.4 is 14.8 Å². The van der Waals surface area contributed by atoms with Crippen LogP contribution in [-0.4, -0.2) is 31.4 Å². The third-order valence-corrected chi connectivity index (χ3v) is 3.66. The maximum absolute atomic E-state index is 9.74. The van der Waals surface area contributed by atoms with Gasteiger partial charge >= 0.3 is 0 Å². The van der Waals surface area contributed by atoms with Crippen LogP contribution in [0.2, 0.25) is 15.1 Å². The highest BCUT2D eigenvalue weighted by Crippen LogP contribution is 2.37. The monoisotopic (exact) mass is 375 g/mol. The molecule has 124 valence electrons. The Bertz CT molecular complexity index is 667. The second-order valence-electron chi connectivity index (χ2n) is 4.79. The fraction of sp³-hybridized carbons (Fsp3) is 0.250. The molecule has 0 fully saturated rings. The Kier molecular flexibility index (Phi) is 6.81.